The smallest absolute Gasteiger partial charge is 0.166 e. The van der Waals surface area contributed by atoms with Crippen LogP contribution in [0.2, 0.25) is 0 Å². The second kappa shape index (κ2) is 3.32. The van der Waals surface area contributed by atoms with Crippen molar-refractivity contribution < 1.29 is 4.79 Å². The fourth-order valence-electron chi connectivity index (χ4n) is 1.64. The van der Waals surface area contributed by atoms with Crippen LogP contribution >= 0.6 is 0 Å². The van der Waals surface area contributed by atoms with Gasteiger partial charge in [0.2, 0.25) is 0 Å². The number of hydrogen-bond acceptors (Lipinski definition) is 2. The van der Waals surface area contributed by atoms with Gasteiger partial charge in [0.05, 0.1) is 11.8 Å². The van der Waals surface area contributed by atoms with Crippen molar-refractivity contribution in [3.05, 3.63) is 18.0 Å². The van der Waals surface area contributed by atoms with Crippen LogP contribution in [0.25, 0.3) is 0 Å². The number of rotatable bonds is 3. The maximum Gasteiger partial charge on any atom is 0.166 e. The Hall–Kier alpha value is -1.12. The Morgan fingerprint density at radius 3 is 2.92 bits per heavy atom. The Morgan fingerprint density at radius 1 is 1.69 bits per heavy atom. The van der Waals surface area contributed by atoms with E-state index in [1.54, 1.807) is 17.1 Å². The lowest BCUT2D eigenvalue weighted by molar-refractivity contribution is 0.0936. The van der Waals surface area contributed by atoms with E-state index in [-0.39, 0.29) is 5.78 Å². The van der Waals surface area contributed by atoms with Crippen molar-refractivity contribution in [2.45, 2.75) is 25.7 Å². The summed E-state index contributed by atoms with van der Waals surface area (Å²) in [5.74, 6) is 0.894. The molecule has 3 nitrogen and oxygen atoms in total. The molecule has 1 saturated carbocycles. The third kappa shape index (κ3) is 1.79. The van der Waals surface area contributed by atoms with Crippen LogP contribution in [0.5, 0.6) is 0 Å². The molecule has 1 aliphatic carbocycles. The number of Topliss-reactive ketones (excluding diaryl/α,β-unsaturated/α-hetero) is 1. The first kappa shape index (κ1) is 8.48. The van der Waals surface area contributed by atoms with E-state index in [9.17, 15) is 4.79 Å². The molecule has 0 atom stereocenters. The summed E-state index contributed by atoms with van der Waals surface area (Å²) in [6, 6.07) is 0. The normalized spacial score (nSPS) is 17.0. The molecule has 0 radical (unpaired) electrons. The third-order valence-electron chi connectivity index (χ3n) is 2.73. The van der Waals surface area contributed by atoms with Gasteiger partial charge >= 0.3 is 0 Å². The topological polar surface area (TPSA) is 34.9 Å². The SMILES string of the molecule is Cn1cc(C(=O)CC2CCC2)cn1. The van der Waals surface area contributed by atoms with Crippen LogP contribution < -0.4 is 0 Å². The van der Waals surface area contributed by atoms with E-state index < -0.39 is 0 Å². The Labute approximate surface area is 77.7 Å². The summed E-state index contributed by atoms with van der Waals surface area (Å²) in [6.07, 6.45) is 7.91. The van der Waals surface area contributed by atoms with Gasteiger partial charge in [-0.15, -0.1) is 0 Å². The number of carbonyl (C=O) groups is 1. The third-order valence-corrected chi connectivity index (χ3v) is 2.73. The van der Waals surface area contributed by atoms with Gasteiger partial charge in [0, 0.05) is 19.7 Å². The highest BCUT2D eigenvalue weighted by Crippen LogP contribution is 2.30. The standard InChI is InChI=1S/C10H14N2O/c1-12-7-9(6-11-12)10(13)5-8-3-2-4-8/h6-8H,2-5H2,1H3. The highest BCUT2D eigenvalue weighted by Gasteiger charge is 2.21. The zero-order valence-corrected chi connectivity index (χ0v) is 7.86. The predicted octanol–water partition coefficient (Wildman–Crippen LogP) is 1.79. The summed E-state index contributed by atoms with van der Waals surface area (Å²) >= 11 is 0. The van der Waals surface area contributed by atoms with Crippen molar-refractivity contribution in [1.82, 2.24) is 9.78 Å². The minimum absolute atomic E-state index is 0.248. The fourth-order valence-corrected chi connectivity index (χ4v) is 1.64. The molecule has 1 aromatic rings. The molecule has 0 N–H and O–H groups in total. The summed E-state index contributed by atoms with van der Waals surface area (Å²) in [5.41, 5.74) is 0.759. The minimum atomic E-state index is 0.248. The van der Waals surface area contributed by atoms with Gasteiger partial charge in [0.1, 0.15) is 0 Å². The number of hydrogen-bond donors (Lipinski definition) is 0. The predicted molar refractivity (Wildman–Crippen MR) is 49.5 cm³/mol. The summed E-state index contributed by atoms with van der Waals surface area (Å²) in [4.78, 5) is 11.6. The molecule has 0 aromatic carbocycles. The highest BCUT2D eigenvalue weighted by atomic mass is 16.1. The van der Waals surface area contributed by atoms with Gasteiger partial charge in [-0.05, 0) is 5.92 Å². The van der Waals surface area contributed by atoms with E-state index in [0.29, 0.717) is 12.3 Å². The van der Waals surface area contributed by atoms with E-state index in [4.69, 9.17) is 0 Å². The van der Waals surface area contributed by atoms with Gasteiger partial charge in [-0.1, -0.05) is 19.3 Å². The van der Waals surface area contributed by atoms with E-state index in [2.05, 4.69) is 5.10 Å². The first-order chi connectivity index (χ1) is 6.25. The summed E-state index contributed by atoms with van der Waals surface area (Å²) in [6.45, 7) is 0. The first-order valence-corrected chi connectivity index (χ1v) is 4.77. The highest BCUT2D eigenvalue weighted by molar-refractivity contribution is 5.95. The molecule has 1 aromatic heterocycles. The molecule has 0 amide bonds. The lowest BCUT2D eigenvalue weighted by Crippen LogP contribution is -2.15. The van der Waals surface area contributed by atoms with E-state index >= 15 is 0 Å². The molecule has 0 aliphatic heterocycles. The summed E-state index contributed by atoms with van der Waals surface area (Å²) in [5, 5.41) is 3.98. The van der Waals surface area contributed by atoms with Crippen LogP contribution in [-0.2, 0) is 7.05 Å². The number of carbonyl (C=O) groups excluding carboxylic acids is 1. The van der Waals surface area contributed by atoms with Crippen LogP contribution in [-0.4, -0.2) is 15.6 Å². The van der Waals surface area contributed by atoms with Crippen molar-refractivity contribution in [2.75, 3.05) is 0 Å². The van der Waals surface area contributed by atoms with Gasteiger partial charge in [-0.3, -0.25) is 9.48 Å². The van der Waals surface area contributed by atoms with Crippen LogP contribution in [0.1, 0.15) is 36.0 Å². The van der Waals surface area contributed by atoms with Crippen molar-refractivity contribution in [3.8, 4) is 0 Å². The van der Waals surface area contributed by atoms with E-state index in [1.807, 2.05) is 7.05 Å². The Kier molecular flexibility index (Phi) is 2.17. The summed E-state index contributed by atoms with van der Waals surface area (Å²) < 4.78 is 1.67. The Morgan fingerprint density at radius 2 is 2.46 bits per heavy atom. The number of nitrogens with zero attached hydrogens (tertiary/aromatic N) is 2. The average Bonchev–Trinajstić information content (AvgIpc) is 2.44. The monoisotopic (exact) mass is 178 g/mol. The molecule has 0 saturated heterocycles. The molecule has 1 aliphatic rings. The van der Waals surface area contributed by atoms with Crippen molar-refractivity contribution in [3.63, 3.8) is 0 Å². The van der Waals surface area contributed by atoms with Crippen LogP contribution in [0.3, 0.4) is 0 Å². The average molecular weight is 178 g/mol. The molecule has 0 bridgehead atoms. The second-order valence-electron chi connectivity index (χ2n) is 3.83. The molecular weight excluding hydrogens is 164 g/mol. The van der Waals surface area contributed by atoms with Crippen molar-refractivity contribution in [1.29, 1.82) is 0 Å². The summed E-state index contributed by atoms with van der Waals surface area (Å²) in [7, 11) is 1.83. The minimum Gasteiger partial charge on any atom is -0.294 e. The van der Waals surface area contributed by atoms with Crippen LogP contribution in [0, 0.1) is 5.92 Å². The fraction of sp³-hybridized carbons (Fsp3) is 0.600. The van der Waals surface area contributed by atoms with Gasteiger partial charge in [0.15, 0.2) is 5.78 Å². The maximum absolute atomic E-state index is 11.6. The van der Waals surface area contributed by atoms with Crippen molar-refractivity contribution >= 4 is 5.78 Å². The number of aromatic nitrogens is 2. The Balaban J connectivity index is 1.96. The van der Waals surface area contributed by atoms with Gasteiger partial charge < -0.3 is 0 Å². The molecule has 13 heavy (non-hydrogen) atoms. The zero-order valence-electron chi connectivity index (χ0n) is 7.86. The molecule has 1 fully saturated rings. The molecule has 70 valence electrons. The van der Waals surface area contributed by atoms with Crippen LogP contribution in [0.15, 0.2) is 12.4 Å². The van der Waals surface area contributed by atoms with Gasteiger partial charge in [0.25, 0.3) is 0 Å². The lowest BCUT2D eigenvalue weighted by atomic mass is 9.81. The van der Waals surface area contributed by atoms with Gasteiger partial charge in [-0.2, -0.15) is 5.10 Å². The first-order valence-electron chi connectivity index (χ1n) is 4.77. The Bertz CT molecular complexity index is 312. The van der Waals surface area contributed by atoms with E-state index in [1.165, 1.54) is 19.3 Å². The molecule has 3 heteroatoms. The maximum atomic E-state index is 11.6. The van der Waals surface area contributed by atoms with Gasteiger partial charge in [-0.25, -0.2) is 0 Å². The largest absolute Gasteiger partial charge is 0.294 e. The van der Waals surface area contributed by atoms with Crippen LogP contribution in [0.4, 0.5) is 0 Å². The molecule has 2 rings (SSSR count). The second-order valence-corrected chi connectivity index (χ2v) is 3.83. The van der Waals surface area contributed by atoms with Crippen molar-refractivity contribution in [2.24, 2.45) is 13.0 Å². The molecule has 1 heterocycles. The lowest BCUT2D eigenvalue weighted by Gasteiger charge is -2.23. The number of aryl methyl sites for hydroxylation is 1. The molecular formula is C10H14N2O. The molecule has 0 spiro atoms. The van der Waals surface area contributed by atoms with E-state index in [0.717, 1.165) is 5.56 Å². The zero-order chi connectivity index (χ0) is 9.26. The quantitative estimate of drug-likeness (QED) is 0.661. The number of ketones is 1. The molecule has 0 unspecified atom stereocenters.